The summed E-state index contributed by atoms with van der Waals surface area (Å²) in [6, 6.07) is 11.0. The number of nitrogens with zero attached hydrogens (tertiary/aromatic N) is 1. The summed E-state index contributed by atoms with van der Waals surface area (Å²) in [7, 11) is 0. The minimum absolute atomic E-state index is 0.319. The molecule has 0 radical (unpaired) electrons. The van der Waals surface area contributed by atoms with Gasteiger partial charge in [-0.3, -0.25) is 9.89 Å². The number of aromatic amines is 1. The fourth-order valence-corrected chi connectivity index (χ4v) is 1.81. The number of nitrogens with one attached hydrogen (secondary N) is 1. The normalized spacial score (nSPS) is 10.6. The third kappa shape index (κ3) is 2.18. The van der Waals surface area contributed by atoms with Crippen LogP contribution in [0, 0.1) is 5.82 Å². The first-order valence-electron chi connectivity index (χ1n) is 5.63. The second kappa shape index (κ2) is 4.53. The van der Waals surface area contributed by atoms with Gasteiger partial charge in [0.15, 0.2) is 6.29 Å². The van der Waals surface area contributed by atoms with Crippen LogP contribution in [0.1, 0.15) is 10.5 Å². The number of aldehydes is 1. The second-order valence-electron chi connectivity index (χ2n) is 3.99. The molecule has 3 aromatic rings. The van der Waals surface area contributed by atoms with E-state index in [-0.39, 0.29) is 5.82 Å². The van der Waals surface area contributed by atoms with Crippen molar-refractivity contribution in [1.29, 1.82) is 0 Å². The minimum Gasteiger partial charge on any atom is -0.457 e. The Bertz CT molecular complexity index is 735. The minimum atomic E-state index is -0.319. The fourth-order valence-electron chi connectivity index (χ4n) is 1.81. The average molecular weight is 256 g/mol. The molecule has 94 valence electrons. The Labute approximate surface area is 107 Å². The molecule has 3 rings (SSSR count). The number of rotatable bonds is 3. The van der Waals surface area contributed by atoms with E-state index >= 15 is 0 Å². The maximum Gasteiger partial charge on any atom is 0.170 e. The van der Waals surface area contributed by atoms with E-state index in [0.29, 0.717) is 28.9 Å². The summed E-state index contributed by atoms with van der Waals surface area (Å²) in [5, 5.41) is 7.32. The van der Waals surface area contributed by atoms with Crippen molar-refractivity contribution in [2.24, 2.45) is 0 Å². The molecule has 0 unspecified atom stereocenters. The fraction of sp³-hybridized carbons (Fsp3) is 0. The number of carbonyl (C=O) groups excluding carboxylic acids is 1. The molecule has 0 atom stereocenters. The quantitative estimate of drug-likeness (QED) is 0.731. The van der Waals surface area contributed by atoms with Gasteiger partial charge in [-0.2, -0.15) is 5.10 Å². The lowest BCUT2D eigenvalue weighted by Gasteiger charge is -2.05. The molecule has 19 heavy (non-hydrogen) atoms. The van der Waals surface area contributed by atoms with E-state index in [1.807, 2.05) is 0 Å². The van der Waals surface area contributed by atoms with Crippen LogP contribution < -0.4 is 4.74 Å². The molecule has 4 nitrogen and oxygen atoms in total. The Kier molecular flexibility index (Phi) is 2.72. The largest absolute Gasteiger partial charge is 0.457 e. The number of hydrogen-bond donors (Lipinski definition) is 1. The molecule has 0 fully saturated rings. The Morgan fingerprint density at radius 2 is 1.84 bits per heavy atom. The molecule has 0 aliphatic carbocycles. The highest BCUT2D eigenvalue weighted by molar-refractivity contribution is 5.95. The standard InChI is InChI=1S/C14H9FN2O2/c15-9-1-3-10(4-2-9)19-11-5-6-13-12(7-11)14(8-18)17-16-13/h1-8H,(H,16,17). The Balaban J connectivity index is 1.96. The van der Waals surface area contributed by atoms with Gasteiger partial charge in [0.1, 0.15) is 23.0 Å². The second-order valence-corrected chi connectivity index (χ2v) is 3.99. The van der Waals surface area contributed by atoms with Gasteiger partial charge in [-0.25, -0.2) is 4.39 Å². The first-order valence-corrected chi connectivity index (χ1v) is 5.63. The Hall–Kier alpha value is -2.69. The molecular formula is C14H9FN2O2. The number of carbonyl (C=O) groups is 1. The number of aromatic nitrogens is 2. The van der Waals surface area contributed by atoms with Crippen LogP contribution in [0.3, 0.4) is 0 Å². The molecule has 0 spiro atoms. The summed E-state index contributed by atoms with van der Waals surface area (Å²) in [4.78, 5) is 10.8. The molecule has 0 aliphatic heterocycles. The van der Waals surface area contributed by atoms with Crippen molar-refractivity contribution in [3.63, 3.8) is 0 Å². The molecule has 2 aromatic carbocycles. The summed E-state index contributed by atoms with van der Waals surface area (Å²) in [5.74, 6) is 0.765. The van der Waals surface area contributed by atoms with Crippen LogP contribution in [0.15, 0.2) is 42.5 Å². The average Bonchev–Trinajstić information content (AvgIpc) is 2.84. The SMILES string of the molecule is O=Cc1n[nH]c2ccc(Oc3ccc(F)cc3)cc12. The van der Waals surface area contributed by atoms with E-state index in [1.165, 1.54) is 24.3 Å². The summed E-state index contributed by atoms with van der Waals surface area (Å²) in [6.07, 6.45) is 0.681. The lowest BCUT2D eigenvalue weighted by Crippen LogP contribution is -1.85. The molecule has 1 aromatic heterocycles. The van der Waals surface area contributed by atoms with Crippen molar-refractivity contribution >= 4 is 17.2 Å². The molecule has 1 heterocycles. The van der Waals surface area contributed by atoms with E-state index in [1.54, 1.807) is 18.2 Å². The van der Waals surface area contributed by atoms with Gasteiger partial charge in [-0.15, -0.1) is 0 Å². The van der Waals surface area contributed by atoms with E-state index in [9.17, 15) is 9.18 Å². The number of hydrogen-bond acceptors (Lipinski definition) is 3. The first kappa shape index (κ1) is 11.4. The van der Waals surface area contributed by atoms with Gasteiger partial charge >= 0.3 is 0 Å². The number of benzene rings is 2. The van der Waals surface area contributed by atoms with E-state index in [2.05, 4.69) is 10.2 Å². The molecular weight excluding hydrogens is 247 g/mol. The van der Waals surface area contributed by atoms with Gasteiger partial charge in [-0.1, -0.05) is 0 Å². The van der Waals surface area contributed by atoms with Crippen LogP contribution in [-0.4, -0.2) is 16.5 Å². The molecule has 0 saturated heterocycles. The monoisotopic (exact) mass is 256 g/mol. The van der Waals surface area contributed by atoms with Crippen LogP contribution in [0.25, 0.3) is 10.9 Å². The molecule has 0 amide bonds. The predicted molar refractivity (Wildman–Crippen MR) is 68.0 cm³/mol. The molecule has 5 heteroatoms. The lowest BCUT2D eigenvalue weighted by atomic mass is 10.2. The Morgan fingerprint density at radius 1 is 1.11 bits per heavy atom. The zero-order valence-electron chi connectivity index (χ0n) is 9.76. The summed E-state index contributed by atoms with van der Waals surface area (Å²) in [6.45, 7) is 0. The van der Waals surface area contributed by atoms with E-state index < -0.39 is 0 Å². The van der Waals surface area contributed by atoms with Gasteiger partial charge < -0.3 is 4.74 Å². The predicted octanol–water partition coefficient (Wildman–Crippen LogP) is 3.31. The first-order chi connectivity index (χ1) is 9.26. The number of ether oxygens (including phenoxy) is 1. The highest BCUT2D eigenvalue weighted by Gasteiger charge is 2.06. The van der Waals surface area contributed by atoms with Crippen molar-refractivity contribution in [1.82, 2.24) is 10.2 Å². The van der Waals surface area contributed by atoms with Crippen molar-refractivity contribution in [2.45, 2.75) is 0 Å². The third-order valence-corrected chi connectivity index (χ3v) is 2.72. The third-order valence-electron chi connectivity index (χ3n) is 2.72. The van der Waals surface area contributed by atoms with Crippen LogP contribution in [0.4, 0.5) is 4.39 Å². The van der Waals surface area contributed by atoms with Gasteiger partial charge in [0.2, 0.25) is 0 Å². The number of H-pyrrole nitrogens is 1. The van der Waals surface area contributed by atoms with Gasteiger partial charge in [0.05, 0.1) is 5.52 Å². The summed E-state index contributed by atoms with van der Waals surface area (Å²) >= 11 is 0. The van der Waals surface area contributed by atoms with Crippen LogP contribution in [0.5, 0.6) is 11.5 Å². The van der Waals surface area contributed by atoms with Crippen molar-refractivity contribution in [3.05, 3.63) is 54.0 Å². The van der Waals surface area contributed by atoms with Crippen molar-refractivity contribution in [3.8, 4) is 11.5 Å². The highest BCUT2D eigenvalue weighted by atomic mass is 19.1. The topological polar surface area (TPSA) is 55.0 Å². The molecule has 0 aliphatic rings. The zero-order valence-corrected chi connectivity index (χ0v) is 9.76. The van der Waals surface area contributed by atoms with Gasteiger partial charge in [0, 0.05) is 5.39 Å². The van der Waals surface area contributed by atoms with Crippen molar-refractivity contribution in [2.75, 3.05) is 0 Å². The highest BCUT2D eigenvalue weighted by Crippen LogP contribution is 2.26. The lowest BCUT2D eigenvalue weighted by molar-refractivity contribution is 0.112. The Morgan fingerprint density at radius 3 is 2.58 bits per heavy atom. The number of fused-ring (bicyclic) bond motifs is 1. The zero-order chi connectivity index (χ0) is 13.2. The number of halogens is 1. The van der Waals surface area contributed by atoms with Crippen LogP contribution in [0.2, 0.25) is 0 Å². The van der Waals surface area contributed by atoms with Crippen molar-refractivity contribution < 1.29 is 13.9 Å². The maximum absolute atomic E-state index is 12.8. The summed E-state index contributed by atoms with van der Waals surface area (Å²) in [5.41, 5.74) is 1.09. The van der Waals surface area contributed by atoms with Gasteiger partial charge in [0.25, 0.3) is 0 Å². The molecule has 1 N–H and O–H groups in total. The summed E-state index contributed by atoms with van der Waals surface area (Å²) < 4.78 is 18.4. The van der Waals surface area contributed by atoms with E-state index in [4.69, 9.17) is 4.74 Å². The molecule has 0 bridgehead atoms. The van der Waals surface area contributed by atoms with E-state index in [0.717, 1.165) is 5.52 Å². The molecule has 0 saturated carbocycles. The smallest absolute Gasteiger partial charge is 0.170 e. The van der Waals surface area contributed by atoms with Gasteiger partial charge in [-0.05, 0) is 42.5 Å². The van der Waals surface area contributed by atoms with Crippen LogP contribution in [-0.2, 0) is 0 Å². The van der Waals surface area contributed by atoms with Crippen LogP contribution >= 0.6 is 0 Å². The maximum atomic E-state index is 12.8.